The Hall–Kier alpha value is -5.65. The molecule has 0 unspecified atom stereocenters. The maximum absolute atomic E-state index is 11.3. The van der Waals surface area contributed by atoms with Gasteiger partial charge in [-0.3, -0.25) is 9.35 Å². The van der Waals surface area contributed by atoms with Crippen molar-refractivity contribution in [2.24, 2.45) is 0 Å². The zero-order valence-corrected chi connectivity index (χ0v) is 26.5. The number of aryl methyl sites for hydroxylation is 1. The molecule has 0 saturated heterocycles. The van der Waals surface area contributed by atoms with Gasteiger partial charge in [0.2, 0.25) is 0 Å². The second-order valence-corrected chi connectivity index (χ2v) is 12.4. The lowest BCUT2D eigenvalue weighted by atomic mass is 9.95. The summed E-state index contributed by atoms with van der Waals surface area (Å²) in [5.41, 5.74) is 4.66. The van der Waals surface area contributed by atoms with Gasteiger partial charge in [0.15, 0.2) is 5.69 Å². The standard InChI is InChI=1S/C22H19NO4S.C15H13NO4/c24-28(25,26)15-5-14-27-17-12-10-16(11-13-17)22-20-8-2-1-6-18(20)19-7-3-4-9-21(19)23-22;17-12(18)7-6-11-8-9-16-14(15(19)20)13(11)10-4-2-1-3-5-10/h1-4,6-13H,5,14-15H2,(H,24,25,26);1-5,8-9H,6-7H2,(H,17,18)(H,19,20). The van der Waals surface area contributed by atoms with Crippen molar-refractivity contribution >= 4 is 43.7 Å². The first-order valence-corrected chi connectivity index (χ1v) is 16.7. The number of hydrogen-bond acceptors (Lipinski definition) is 7. The Morgan fingerprint density at radius 1 is 0.729 bits per heavy atom. The van der Waals surface area contributed by atoms with Crippen molar-refractivity contribution in [3.8, 4) is 28.1 Å². The molecule has 0 aliphatic carbocycles. The van der Waals surface area contributed by atoms with E-state index in [1.807, 2.05) is 60.7 Å². The molecule has 0 radical (unpaired) electrons. The number of nitrogens with zero attached hydrogens (tertiary/aromatic N) is 2. The molecule has 0 spiro atoms. The SMILES string of the molecule is O=C(O)CCc1ccnc(C(=O)O)c1-c1ccccc1.O=S(=O)(O)CCCOc1ccc(-c2nc3ccccc3c3ccccc23)cc1. The van der Waals surface area contributed by atoms with Crippen molar-refractivity contribution in [2.75, 3.05) is 12.4 Å². The Morgan fingerprint density at radius 3 is 2.04 bits per heavy atom. The molecule has 0 fully saturated rings. The van der Waals surface area contributed by atoms with Crippen LogP contribution < -0.4 is 4.74 Å². The molecule has 11 heteroatoms. The van der Waals surface area contributed by atoms with Gasteiger partial charge in [0, 0.05) is 34.5 Å². The fourth-order valence-electron chi connectivity index (χ4n) is 5.31. The van der Waals surface area contributed by atoms with E-state index < -0.39 is 22.1 Å². The Labute approximate surface area is 277 Å². The van der Waals surface area contributed by atoms with Gasteiger partial charge in [-0.1, -0.05) is 72.8 Å². The van der Waals surface area contributed by atoms with E-state index in [1.165, 1.54) is 6.20 Å². The van der Waals surface area contributed by atoms with E-state index >= 15 is 0 Å². The molecule has 48 heavy (non-hydrogen) atoms. The molecule has 244 valence electrons. The van der Waals surface area contributed by atoms with Crippen LogP contribution in [0.2, 0.25) is 0 Å². The summed E-state index contributed by atoms with van der Waals surface area (Å²) in [7, 11) is -3.95. The van der Waals surface area contributed by atoms with Gasteiger partial charge in [-0.2, -0.15) is 8.42 Å². The van der Waals surface area contributed by atoms with Gasteiger partial charge in [-0.15, -0.1) is 0 Å². The van der Waals surface area contributed by atoms with Crippen LogP contribution in [0.15, 0.2) is 115 Å². The van der Waals surface area contributed by atoms with Crippen LogP contribution in [-0.2, 0) is 21.3 Å². The van der Waals surface area contributed by atoms with Gasteiger partial charge in [0.25, 0.3) is 10.1 Å². The number of ether oxygens (including phenoxy) is 1. The number of aliphatic carboxylic acids is 1. The zero-order chi connectivity index (χ0) is 34.1. The largest absolute Gasteiger partial charge is 0.494 e. The van der Waals surface area contributed by atoms with Gasteiger partial charge < -0.3 is 14.9 Å². The molecule has 3 N–H and O–H groups in total. The van der Waals surface area contributed by atoms with Crippen LogP contribution in [0, 0.1) is 0 Å². The summed E-state index contributed by atoms with van der Waals surface area (Å²) in [5, 5.41) is 21.4. The van der Waals surface area contributed by atoms with Crippen LogP contribution in [0.25, 0.3) is 44.1 Å². The van der Waals surface area contributed by atoms with Gasteiger partial charge in [-0.25, -0.2) is 14.8 Å². The molecule has 10 nitrogen and oxygen atoms in total. The number of fused-ring (bicyclic) bond motifs is 3. The number of benzene rings is 4. The topological polar surface area (TPSA) is 164 Å². The third-order valence-corrected chi connectivity index (χ3v) is 8.27. The number of carboxylic acids is 2. The van der Waals surface area contributed by atoms with Crippen LogP contribution in [-0.4, -0.2) is 57.4 Å². The Morgan fingerprint density at radius 2 is 1.38 bits per heavy atom. The van der Waals surface area contributed by atoms with E-state index in [1.54, 1.807) is 30.3 Å². The number of aromatic nitrogens is 2. The second kappa shape index (κ2) is 15.3. The Kier molecular flexibility index (Phi) is 10.7. The minimum atomic E-state index is -3.95. The van der Waals surface area contributed by atoms with Crippen molar-refractivity contribution in [2.45, 2.75) is 19.3 Å². The summed E-state index contributed by atoms with van der Waals surface area (Å²) in [6.07, 6.45) is 1.84. The van der Waals surface area contributed by atoms with Gasteiger partial charge >= 0.3 is 11.9 Å². The maximum Gasteiger partial charge on any atom is 0.355 e. The van der Waals surface area contributed by atoms with E-state index in [2.05, 4.69) is 23.2 Å². The van der Waals surface area contributed by atoms with Crippen molar-refractivity contribution in [1.29, 1.82) is 0 Å². The molecule has 0 atom stereocenters. The first-order valence-electron chi connectivity index (χ1n) is 15.0. The average molecular weight is 665 g/mol. The number of para-hydroxylation sites is 1. The van der Waals surface area contributed by atoms with Crippen molar-refractivity contribution in [3.63, 3.8) is 0 Å². The fraction of sp³-hybridized carbons (Fsp3) is 0.135. The van der Waals surface area contributed by atoms with Crippen LogP contribution in [0.3, 0.4) is 0 Å². The third kappa shape index (κ3) is 8.58. The summed E-state index contributed by atoms with van der Waals surface area (Å²) in [5.74, 6) is -1.71. The normalized spacial score (nSPS) is 11.1. The van der Waals surface area contributed by atoms with E-state index in [-0.39, 0.29) is 37.3 Å². The van der Waals surface area contributed by atoms with Crippen molar-refractivity contribution in [3.05, 3.63) is 127 Å². The summed E-state index contributed by atoms with van der Waals surface area (Å²) in [6, 6.07) is 34.6. The number of hydrogen-bond donors (Lipinski definition) is 3. The molecule has 2 heterocycles. The predicted octanol–water partition coefficient (Wildman–Crippen LogP) is 7.18. The minimum Gasteiger partial charge on any atom is -0.494 e. The summed E-state index contributed by atoms with van der Waals surface area (Å²) < 4.78 is 35.8. The van der Waals surface area contributed by atoms with Gasteiger partial charge in [0.05, 0.1) is 23.6 Å². The van der Waals surface area contributed by atoms with E-state index in [0.29, 0.717) is 16.9 Å². The quantitative estimate of drug-likeness (QED) is 0.0734. The zero-order valence-electron chi connectivity index (χ0n) is 25.7. The highest BCUT2D eigenvalue weighted by Crippen LogP contribution is 2.33. The number of rotatable bonds is 11. The highest BCUT2D eigenvalue weighted by Gasteiger charge is 2.18. The molecule has 0 aliphatic rings. The lowest BCUT2D eigenvalue weighted by Crippen LogP contribution is -2.08. The molecule has 0 saturated carbocycles. The molecule has 2 aromatic heterocycles. The van der Waals surface area contributed by atoms with Crippen LogP contribution in [0.1, 0.15) is 28.9 Å². The molecule has 4 aromatic carbocycles. The van der Waals surface area contributed by atoms with E-state index in [4.69, 9.17) is 19.4 Å². The highest BCUT2D eigenvalue weighted by molar-refractivity contribution is 7.85. The molecule has 0 bridgehead atoms. The molecule has 6 rings (SSSR count). The summed E-state index contributed by atoms with van der Waals surface area (Å²) in [6.45, 7) is 0.219. The van der Waals surface area contributed by atoms with Crippen LogP contribution in [0.5, 0.6) is 5.75 Å². The van der Waals surface area contributed by atoms with Gasteiger partial charge in [0.1, 0.15) is 5.75 Å². The van der Waals surface area contributed by atoms with Crippen LogP contribution >= 0.6 is 0 Å². The summed E-state index contributed by atoms with van der Waals surface area (Å²) in [4.78, 5) is 30.8. The lowest BCUT2D eigenvalue weighted by molar-refractivity contribution is -0.136. The predicted molar refractivity (Wildman–Crippen MR) is 184 cm³/mol. The molecule has 0 amide bonds. The maximum atomic E-state index is 11.3. The Bertz CT molecular complexity index is 2170. The van der Waals surface area contributed by atoms with Crippen molar-refractivity contribution in [1.82, 2.24) is 9.97 Å². The molecule has 6 aromatic rings. The first kappa shape index (κ1) is 33.7. The Balaban J connectivity index is 0.000000199. The van der Waals surface area contributed by atoms with Crippen LogP contribution in [0.4, 0.5) is 0 Å². The third-order valence-electron chi connectivity index (χ3n) is 7.46. The van der Waals surface area contributed by atoms with Gasteiger partial charge in [-0.05, 0) is 65.8 Å². The van der Waals surface area contributed by atoms with E-state index in [0.717, 1.165) is 38.5 Å². The number of pyridine rings is 2. The average Bonchev–Trinajstić information content (AvgIpc) is 3.09. The number of aromatic carboxylic acids is 1. The smallest absolute Gasteiger partial charge is 0.355 e. The van der Waals surface area contributed by atoms with Crippen molar-refractivity contribution < 1.29 is 37.5 Å². The number of carboxylic acid groups (broad SMARTS) is 2. The fourth-order valence-corrected chi connectivity index (χ4v) is 5.79. The minimum absolute atomic E-state index is 0.0527. The first-order chi connectivity index (χ1) is 23.1. The molecular weight excluding hydrogens is 632 g/mol. The van der Waals surface area contributed by atoms with E-state index in [9.17, 15) is 23.1 Å². The monoisotopic (exact) mass is 664 g/mol. The highest BCUT2D eigenvalue weighted by atomic mass is 32.2. The number of carbonyl (C=O) groups is 2. The molecular formula is C37H32N2O8S. The lowest BCUT2D eigenvalue weighted by Gasteiger charge is -2.11. The summed E-state index contributed by atoms with van der Waals surface area (Å²) >= 11 is 0. The second-order valence-electron chi connectivity index (χ2n) is 10.8. The molecule has 0 aliphatic heterocycles.